The van der Waals surface area contributed by atoms with Gasteiger partial charge in [0.05, 0.1) is 0 Å². The SMILES string of the molecule is C[CH-]c1ccccc1Br.P.P.[Cu+]. The van der Waals surface area contributed by atoms with Gasteiger partial charge >= 0.3 is 17.1 Å². The second-order valence-corrected chi connectivity index (χ2v) is 2.66. The molecule has 1 aromatic rings. The van der Waals surface area contributed by atoms with Crippen LogP contribution in [0, 0.1) is 6.42 Å². The standard InChI is InChI=1S/C8H8Br.Cu.2H3P/c1-2-7-5-3-4-6-8(7)9;;;/h2-6H,1H3;;2*1H3/q-1;+1;;. The summed E-state index contributed by atoms with van der Waals surface area (Å²) in [5.41, 5.74) is 1.25. The predicted molar refractivity (Wildman–Crippen MR) is 65.4 cm³/mol. The Morgan fingerprint density at radius 3 is 2.00 bits per heavy atom. The summed E-state index contributed by atoms with van der Waals surface area (Å²) in [6.07, 6.45) is 2.07. The maximum Gasteiger partial charge on any atom is 1.00 e. The molecule has 0 fully saturated rings. The summed E-state index contributed by atoms with van der Waals surface area (Å²) < 4.78 is 1.16. The Hall–Kier alpha value is 0.949. The van der Waals surface area contributed by atoms with Crippen LogP contribution in [0.5, 0.6) is 0 Å². The molecular weight excluding hydrogens is 301 g/mol. The van der Waals surface area contributed by atoms with Crippen molar-refractivity contribution in [2.45, 2.75) is 6.92 Å². The van der Waals surface area contributed by atoms with Gasteiger partial charge in [-0.3, -0.25) is 0 Å². The average Bonchev–Trinajstić information content (AvgIpc) is 1.89. The molecule has 0 radical (unpaired) electrons. The van der Waals surface area contributed by atoms with E-state index in [1.807, 2.05) is 25.1 Å². The molecule has 2 atom stereocenters. The zero-order chi connectivity index (χ0) is 6.69. The van der Waals surface area contributed by atoms with Crippen LogP contribution < -0.4 is 0 Å². The van der Waals surface area contributed by atoms with Crippen LogP contribution in [0.15, 0.2) is 28.7 Å². The van der Waals surface area contributed by atoms with Crippen LogP contribution in [0.4, 0.5) is 0 Å². The Morgan fingerprint density at radius 2 is 1.67 bits per heavy atom. The monoisotopic (exact) mass is 314 g/mol. The molecule has 0 amide bonds. The molecule has 0 aliphatic rings. The van der Waals surface area contributed by atoms with Crippen LogP contribution in [0.1, 0.15) is 12.5 Å². The molecule has 0 aromatic heterocycles. The Balaban J connectivity index is -0.000000270. The van der Waals surface area contributed by atoms with Gasteiger partial charge in [0.25, 0.3) is 0 Å². The quantitative estimate of drug-likeness (QED) is 0.424. The van der Waals surface area contributed by atoms with Gasteiger partial charge in [-0.25, -0.2) is 0 Å². The van der Waals surface area contributed by atoms with E-state index in [1.165, 1.54) is 5.56 Å². The summed E-state index contributed by atoms with van der Waals surface area (Å²) in [6.45, 7) is 2.03. The van der Waals surface area contributed by atoms with Gasteiger partial charge in [-0.2, -0.15) is 37.8 Å². The minimum atomic E-state index is 0. The molecular formula is C8H14BrCuP2. The second kappa shape index (κ2) is 10.0. The van der Waals surface area contributed by atoms with Gasteiger partial charge in [-0.05, 0) is 0 Å². The van der Waals surface area contributed by atoms with Crippen molar-refractivity contribution in [3.8, 4) is 0 Å². The number of rotatable bonds is 1. The first-order chi connectivity index (χ1) is 4.34. The molecule has 0 spiro atoms. The zero-order valence-corrected chi connectivity index (χ0v) is 12.3. The van der Waals surface area contributed by atoms with Gasteiger partial charge in [-0.1, -0.05) is 17.5 Å². The third kappa shape index (κ3) is 5.57. The molecule has 4 heteroatoms. The normalized spacial score (nSPS) is 6.83. The summed E-state index contributed by atoms with van der Waals surface area (Å²) in [7, 11) is 0. The van der Waals surface area contributed by atoms with Crippen molar-refractivity contribution in [3.63, 3.8) is 0 Å². The third-order valence-electron chi connectivity index (χ3n) is 1.22. The third-order valence-corrected chi connectivity index (χ3v) is 1.94. The number of halogens is 1. The van der Waals surface area contributed by atoms with E-state index in [0.717, 1.165) is 4.47 Å². The van der Waals surface area contributed by atoms with E-state index in [2.05, 4.69) is 28.4 Å². The molecule has 0 nitrogen and oxygen atoms in total. The van der Waals surface area contributed by atoms with E-state index in [4.69, 9.17) is 0 Å². The zero-order valence-electron chi connectivity index (χ0n) is 6.98. The molecule has 1 aromatic carbocycles. The number of hydrogen-bond acceptors (Lipinski definition) is 0. The van der Waals surface area contributed by atoms with Crippen molar-refractivity contribution in [2.24, 2.45) is 0 Å². The fourth-order valence-electron chi connectivity index (χ4n) is 0.709. The first kappa shape index (κ1) is 18.7. The minimum absolute atomic E-state index is 0. The fraction of sp³-hybridized carbons (Fsp3) is 0.125. The van der Waals surface area contributed by atoms with E-state index in [-0.39, 0.29) is 36.9 Å². The van der Waals surface area contributed by atoms with Gasteiger partial charge in [0.1, 0.15) is 0 Å². The van der Waals surface area contributed by atoms with Crippen LogP contribution in [0.3, 0.4) is 0 Å². The van der Waals surface area contributed by atoms with E-state index in [1.54, 1.807) is 0 Å². The van der Waals surface area contributed by atoms with Crippen molar-refractivity contribution >= 4 is 35.7 Å². The Bertz CT molecular complexity index is 206. The van der Waals surface area contributed by atoms with Gasteiger partial charge in [-0.15, -0.1) is 28.1 Å². The summed E-state index contributed by atoms with van der Waals surface area (Å²) in [6, 6.07) is 8.15. The van der Waals surface area contributed by atoms with E-state index in [9.17, 15) is 0 Å². The number of hydrogen-bond donors (Lipinski definition) is 0. The van der Waals surface area contributed by atoms with Gasteiger partial charge < -0.3 is 0 Å². The molecule has 12 heavy (non-hydrogen) atoms. The first-order valence-corrected chi connectivity index (χ1v) is 3.68. The molecule has 0 N–H and O–H groups in total. The van der Waals surface area contributed by atoms with Gasteiger partial charge in [0, 0.05) is 0 Å². The van der Waals surface area contributed by atoms with Crippen LogP contribution in [0.2, 0.25) is 0 Å². The molecule has 74 valence electrons. The average molecular weight is 316 g/mol. The summed E-state index contributed by atoms with van der Waals surface area (Å²) >= 11 is 3.43. The van der Waals surface area contributed by atoms with Crippen LogP contribution >= 0.6 is 35.7 Å². The van der Waals surface area contributed by atoms with Crippen molar-refractivity contribution in [1.82, 2.24) is 0 Å². The summed E-state index contributed by atoms with van der Waals surface area (Å²) in [4.78, 5) is 0. The van der Waals surface area contributed by atoms with E-state index >= 15 is 0 Å². The fourth-order valence-corrected chi connectivity index (χ4v) is 1.22. The van der Waals surface area contributed by atoms with Crippen molar-refractivity contribution < 1.29 is 17.1 Å². The van der Waals surface area contributed by atoms with E-state index in [0.29, 0.717) is 0 Å². The largest absolute Gasteiger partial charge is 1.00 e. The van der Waals surface area contributed by atoms with Gasteiger partial charge in [0.2, 0.25) is 0 Å². The second-order valence-electron chi connectivity index (χ2n) is 1.81. The van der Waals surface area contributed by atoms with Crippen LogP contribution in [0.25, 0.3) is 0 Å². The van der Waals surface area contributed by atoms with E-state index < -0.39 is 0 Å². The topological polar surface area (TPSA) is 0 Å². The molecule has 2 unspecified atom stereocenters. The maximum absolute atomic E-state index is 3.43. The maximum atomic E-state index is 3.43. The van der Waals surface area contributed by atoms with Crippen LogP contribution in [-0.2, 0) is 17.1 Å². The molecule has 0 heterocycles. The Morgan fingerprint density at radius 1 is 1.17 bits per heavy atom. The van der Waals surface area contributed by atoms with Crippen LogP contribution in [-0.4, -0.2) is 0 Å². The smallest absolute Gasteiger partial charge is 0.186 e. The summed E-state index contributed by atoms with van der Waals surface area (Å²) in [5, 5.41) is 0. The minimum Gasteiger partial charge on any atom is -0.186 e. The molecule has 0 saturated carbocycles. The van der Waals surface area contributed by atoms with Crippen molar-refractivity contribution in [1.29, 1.82) is 0 Å². The first-order valence-electron chi connectivity index (χ1n) is 2.88. The predicted octanol–water partition coefficient (Wildman–Crippen LogP) is 3.14. The molecule has 0 saturated heterocycles. The van der Waals surface area contributed by atoms with Crippen molar-refractivity contribution in [3.05, 3.63) is 40.7 Å². The molecule has 0 aliphatic heterocycles. The molecule has 0 bridgehead atoms. The summed E-state index contributed by atoms with van der Waals surface area (Å²) in [5.74, 6) is 0. The van der Waals surface area contributed by atoms with Crippen molar-refractivity contribution in [2.75, 3.05) is 0 Å². The molecule has 0 aliphatic carbocycles. The molecule has 1 rings (SSSR count). The Kier molecular flexibility index (Phi) is 15.6. The Labute approximate surface area is 100 Å². The van der Waals surface area contributed by atoms with Gasteiger partial charge in [0.15, 0.2) is 0 Å². The number of benzene rings is 1.